The summed E-state index contributed by atoms with van der Waals surface area (Å²) in [4.78, 5) is 11.7. The van der Waals surface area contributed by atoms with Gasteiger partial charge in [0.1, 0.15) is 6.61 Å². The first kappa shape index (κ1) is 16.0. The zero-order chi connectivity index (χ0) is 14.6. The molecule has 0 heterocycles. The second-order valence-electron chi connectivity index (χ2n) is 4.37. The zero-order valence-corrected chi connectivity index (χ0v) is 11.7. The molecule has 108 valence electrons. The molecule has 1 aromatic carbocycles. The van der Waals surface area contributed by atoms with Gasteiger partial charge in [0.25, 0.3) is 0 Å². The van der Waals surface area contributed by atoms with Crippen molar-refractivity contribution in [3.63, 3.8) is 0 Å². The molecule has 4 heteroatoms. The van der Waals surface area contributed by atoms with E-state index in [-0.39, 0.29) is 12.6 Å². The molecule has 0 fully saturated rings. The van der Waals surface area contributed by atoms with Crippen LogP contribution in [0.4, 0.5) is 4.79 Å². The molecule has 0 bridgehead atoms. The van der Waals surface area contributed by atoms with E-state index in [1.807, 2.05) is 30.3 Å². The van der Waals surface area contributed by atoms with Gasteiger partial charge < -0.3 is 15.4 Å². The molecule has 0 aliphatic carbocycles. The molecule has 2 N–H and O–H groups in total. The molecule has 0 aliphatic rings. The molecule has 0 saturated heterocycles. The van der Waals surface area contributed by atoms with Crippen molar-refractivity contribution >= 4 is 6.09 Å². The molecular formula is C16H22N2O2. The lowest BCUT2D eigenvalue weighted by Gasteiger charge is -2.17. The minimum Gasteiger partial charge on any atom is -0.445 e. The Balaban J connectivity index is 2.33. The van der Waals surface area contributed by atoms with E-state index in [2.05, 4.69) is 23.8 Å². The third kappa shape index (κ3) is 6.75. The van der Waals surface area contributed by atoms with Gasteiger partial charge in [-0.25, -0.2) is 4.79 Å². The summed E-state index contributed by atoms with van der Waals surface area (Å²) in [5.74, 6) is 0. The molecule has 1 amide bonds. The van der Waals surface area contributed by atoms with Crippen molar-refractivity contribution in [1.29, 1.82) is 0 Å². The summed E-state index contributed by atoms with van der Waals surface area (Å²) in [5, 5.41) is 5.98. The first-order valence-electron chi connectivity index (χ1n) is 6.66. The highest BCUT2D eigenvalue weighted by molar-refractivity contribution is 5.67. The molecule has 20 heavy (non-hydrogen) atoms. The fourth-order valence-electron chi connectivity index (χ4n) is 1.69. The Hall–Kier alpha value is -2.07. The van der Waals surface area contributed by atoms with Crippen molar-refractivity contribution in [2.24, 2.45) is 0 Å². The number of amides is 1. The highest BCUT2D eigenvalue weighted by Crippen LogP contribution is 2.01. The second-order valence-corrected chi connectivity index (χ2v) is 4.37. The highest BCUT2D eigenvalue weighted by Gasteiger charge is 2.11. The van der Waals surface area contributed by atoms with Crippen LogP contribution in [0.25, 0.3) is 0 Å². The standard InChI is InChI=1S/C16H22N2O2/c1-3-8-15(12-17-11-4-2)18-16(19)20-13-14-9-6-5-7-10-14/h3-7,9-10,15,17H,1-2,8,11-13H2,(H,18,19). The first-order valence-corrected chi connectivity index (χ1v) is 6.66. The fourth-order valence-corrected chi connectivity index (χ4v) is 1.69. The molecule has 0 aromatic heterocycles. The van der Waals surface area contributed by atoms with Gasteiger partial charge in [-0.1, -0.05) is 42.5 Å². The predicted molar refractivity (Wildman–Crippen MR) is 81.4 cm³/mol. The smallest absolute Gasteiger partial charge is 0.407 e. The Kier molecular flexibility index (Phi) is 7.84. The lowest BCUT2D eigenvalue weighted by atomic mass is 10.2. The van der Waals surface area contributed by atoms with Crippen LogP contribution in [0.3, 0.4) is 0 Å². The lowest BCUT2D eigenvalue weighted by molar-refractivity contribution is 0.135. The van der Waals surface area contributed by atoms with Gasteiger partial charge in [-0.05, 0) is 12.0 Å². The van der Waals surface area contributed by atoms with Gasteiger partial charge in [0, 0.05) is 19.1 Å². The van der Waals surface area contributed by atoms with Crippen molar-refractivity contribution in [3.8, 4) is 0 Å². The van der Waals surface area contributed by atoms with Crippen molar-refractivity contribution in [3.05, 3.63) is 61.2 Å². The van der Waals surface area contributed by atoms with Crippen molar-refractivity contribution in [1.82, 2.24) is 10.6 Å². The number of carbonyl (C=O) groups is 1. The minimum atomic E-state index is -0.416. The molecule has 0 saturated carbocycles. The van der Waals surface area contributed by atoms with Gasteiger partial charge in [-0.2, -0.15) is 0 Å². The molecule has 1 atom stereocenters. The summed E-state index contributed by atoms with van der Waals surface area (Å²) >= 11 is 0. The molecule has 4 nitrogen and oxygen atoms in total. The van der Waals surface area contributed by atoms with E-state index in [1.165, 1.54) is 0 Å². The van der Waals surface area contributed by atoms with Crippen LogP contribution in [0.15, 0.2) is 55.6 Å². The van der Waals surface area contributed by atoms with E-state index >= 15 is 0 Å². The van der Waals surface area contributed by atoms with Gasteiger partial charge >= 0.3 is 6.09 Å². The molecule has 0 aliphatic heterocycles. The van der Waals surface area contributed by atoms with Crippen LogP contribution in [0, 0.1) is 0 Å². The van der Waals surface area contributed by atoms with E-state index in [9.17, 15) is 4.79 Å². The number of carbonyl (C=O) groups excluding carboxylic acids is 1. The lowest BCUT2D eigenvalue weighted by Crippen LogP contribution is -2.42. The Labute approximate surface area is 120 Å². The quantitative estimate of drug-likeness (QED) is 0.537. The number of rotatable bonds is 9. The van der Waals surface area contributed by atoms with Crippen LogP contribution < -0.4 is 10.6 Å². The summed E-state index contributed by atoms with van der Waals surface area (Å²) < 4.78 is 5.18. The van der Waals surface area contributed by atoms with Crippen LogP contribution in [-0.4, -0.2) is 25.2 Å². The number of alkyl carbamates (subject to hydrolysis) is 1. The van der Waals surface area contributed by atoms with E-state index < -0.39 is 6.09 Å². The molecule has 1 unspecified atom stereocenters. The van der Waals surface area contributed by atoms with Gasteiger partial charge in [0.05, 0.1) is 0 Å². The number of ether oxygens (including phenoxy) is 1. The van der Waals surface area contributed by atoms with Crippen LogP contribution in [0.5, 0.6) is 0 Å². The second kappa shape index (κ2) is 9.81. The number of benzene rings is 1. The largest absolute Gasteiger partial charge is 0.445 e. The number of hydrogen-bond acceptors (Lipinski definition) is 3. The summed E-state index contributed by atoms with van der Waals surface area (Å²) in [6, 6.07) is 9.55. The van der Waals surface area contributed by atoms with Crippen molar-refractivity contribution < 1.29 is 9.53 Å². The van der Waals surface area contributed by atoms with Crippen molar-refractivity contribution in [2.75, 3.05) is 13.1 Å². The molecule has 1 aromatic rings. The number of nitrogens with one attached hydrogen (secondary N) is 2. The third-order valence-corrected chi connectivity index (χ3v) is 2.67. The molecule has 0 radical (unpaired) electrons. The topological polar surface area (TPSA) is 50.4 Å². The van der Waals surface area contributed by atoms with Crippen LogP contribution >= 0.6 is 0 Å². The molecule has 1 rings (SSSR count). The number of hydrogen-bond donors (Lipinski definition) is 2. The molecular weight excluding hydrogens is 252 g/mol. The van der Waals surface area contributed by atoms with Gasteiger partial charge in [-0.3, -0.25) is 0 Å². The van der Waals surface area contributed by atoms with Crippen LogP contribution in [0.1, 0.15) is 12.0 Å². The molecule has 0 spiro atoms. The fraction of sp³-hybridized carbons (Fsp3) is 0.312. The van der Waals surface area contributed by atoms with Gasteiger partial charge in [0.2, 0.25) is 0 Å². The Bertz CT molecular complexity index is 418. The summed E-state index contributed by atoms with van der Waals surface area (Å²) in [6.45, 7) is 8.95. The minimum absolute atomic E-state index is 0.0317. The normalized spacial score (nSPS) is 11.4. The van der Waals surface area contributed by atoms with E-state index in [1.54, 1.807) is 12.2 Å². The maximum atomic E-state index is 11.7. The average molecular weight is 274 g/mol. The van der Waals surface area contributed by atoms with Crippen LogP contribution in [0.2, 0.25) is 0 Å². The Morgan fingerprint density at radius 2 is 2.00 bits per heavy atom. The average Bonchev–Trinajstić information content (AvgIpc) is 2.47. The van der Waals surface area contributed by atoms with E-state index in [0.29, 0.717) is 19.5 Å². The van der Waals surface area contributed by atoms with Crippen LogP contribution in [-0.2, 0) is 11.3 Å². The Morgan fingerprint density at radius 3 is 2.65 bits per heavy atom. The monoisotopic (exact) mass is 274 g/mol. The Morgan fingerprint density at radius 1 is 1.25 bits per heavy atom. The summed E-state index contributed by atoms with van der Waals surface area (Å²) in [6.07, 6.45) is 3.82. The van der Waals surface area contributed by atoms with Gasteiger partial charge in [-0.15, -0.1) is 13.2 Å². The van der Waals surface area contributed by atoms with E-state index in [0.717, 1.165) is 5.56 Å². The van der Waals surface area contributed by atoms with Gasteiger partial charge in [0.15, 0.2) is 0 Å². The SMILES string of the molecule is C=CCNCC(CC=C)NC(=O)OCc1ccccc1. The predicted octanol–water partition coefficient (Wildman–Crippen LogP) is 2.63. The maximum absolute atomic E-state index is 11.7. The highest BCUT2D eigenvalue weighted by atomic mass is 16.5. The summed E-state index contributed by atoms with van der Waals surface area (Å²) in [7, 11) is 0. The first-order chi connectivity index (χ1) is 9.76. The summed E-state index contributed by atoms with van der Waals surface area (Å²) in [5.41, 5.74) is 0.965. The van der Waals surface area contributed by atoms with E-state index in [4.69, 9.17) is 4.74 Å². The van der Waals surface area contributed by atoms with Crippen molar-refractivity contribution in [2.45, 2.75) is 19.1 Å². The zero-order valence-electron chi connectivity index (χ0n) is 11.7. The maximum Gasteiger partial charge on any atom is 0.407 e. The third-order valence-electron chi connectivity index (χ3n) is 2.67.